The van der Waals surface area contributed by atoms with Crippen LogP contribution in [0.25, 0.3) is 6.08 Å². The summed E-state index contributed by atoms with van der Waals surface area (Å²) in [5.41, 5.74) is 1.89. The molecule has 0 fully saturated rings. The number of carbonyl (C=O) groups is 1. The SMILES string of the molecule is COc1ccc(/C=C(/C)C=O)cc1C#N. The molecule has 0 saturated carbocycles. The highest BCUT2D eigenvalue weighted by atomic mass is 16.5. The van der Waals surface area contributed by atoms with Gasteiger partial charge in [0.1, 0.15) is 18.1 Å². The number of nitriles is 1. The largest absolute Gasteiger partial charge is 0.495 e. The van der Waals surface area contributed by atoms with Crippen LogP contribution in [-0.2, 0) is 4.79 Å². The summed E-state index contributed by atoms with van der Waals surface area (Å²) < 4.78 is 5.01. The molecule has 0 aliphatic heterocycles. The van der Waals surface area contributed by atoms with Gasteiger partial charge in [0.15, 0.2) is 0 Å². The first-order chi connectivity index (χ1) is 7.21. The topological polar surface area (TPSA) is 50.1 Å². The zero-order valence-corrected chi connectivity index (χ0v) is 8.65. The number of hydrogen-bond acceptors (Lipinski definition) is 3. The quantitative estimate of drug-likeness (QED) is 0.556. The standard InChI is InChI=1S/C12H11NO2/c1-9(8-14)5-10-3-4-12(15-2)11(6-10)7-13/h3-6,8H,1-2H3/b9-5-. The second-order valence-corrected chi connectivity index (χ2v) is 3.08. The minimum absolute atomic E-state index is 0.463. The summed E-state index contributed by atoms with van der Waals surface area (Å²) in [5.74, 6) is 0.540. The summed E-state index contributed by atoms with van der Waals surface area (Å²) in [6.07, 6.45) is 2.49. The molecule has 3 heteroatoms. The lowest BCUT2D eigenvalue weighted by molar-refractivity contribution is -0.104. The molecule has 0 unspecified atom stereocenters. The molecule has 1 rings (SSSR count). The van der Waals surface area contributed by atoms with Crippen molar-refractivity contribution >= 4 is 12.4 Å². The molecule has 0 bridgehead atoms. The van der Waals surface area contributed by atoms with E-state index >= 15 is 0 Å². The van der Waals surface area contributed by atoms with Crippen LogP contribution >= 0.6 is 0 Å². The summed E-state index contributed by atoms with van der Waals surface area (Å²) in [6, 6.07) is 7.23. The highest BCUT2D eigenvalue weighted by Crippen LogP contribution is 2.19. The maximum Gasteiger partial charge on any atom is 0.145 e. The Morgan fingerprint density at radius 1 is 1.53 bits per heavy atom. The molecule has 0 aliphatic carbocycles. The predicted molar refractivity (Wildman–Crippen MR) is 57.4 cm³/mol. The number of hydrogen-bond donors (Lipinski definition) is 0. The molecular formula is C12H11NO2. The van der Waals surface area contributed by atoms with Crippen LogP contribution in [-0.4, -0.2) is 13.4 Å². The predicted octanol–water partition coefficient (Wildman–Crippen LogP) is 2.17. The number of aldehydes is 1. The van der Waals surface area contributed by atoms with Gasteiger partial charge >= 0.3 is 0 Å². The first-order valence-electron chi connectivity index (χ1n) is 4.43. The van der Waals surface area contributed by atoms with Crippen LogP contribution in [0.1, 0.15) is 18.1 Å². The van der Waals surface area contributed by atoms with Crippen molar-refractivity contribution in [2.45, 2.75) is 6.92 Å². The maximum atomic E-state index is 10.4. The average molecular weight is 201 g/mol. The molecular weight excluding hydrogens is 190 g/mol. The Morgan fingerprint density at radius 2 is 2.27 bits per heavy atom. The number of allylic oxidation sites excluding steroid dienone is 1. The van der Waals surface area contributed by atoms with Crippen molar-refractivity contribution in [3.63, 3.8) is 0 Å². The van der Waals surface area contributed by atoms with E-state index in [1.165, 1.54) is 7.11 Å². The molecule has 0 radical (unpaired) electrons. The lowest BCUT2D eigenvalue weighted by Gasteiger charge is -2.02. The number of rotatable bonds is 3. The highest BCUT2D eigenvalue weighted by molar-refractivity contribution is 5.81. The molecule has 0 spiro atoms. The number of carbonyl (C=O) groups excluding carboxylic acids is 1. The van der Waals surface area contributed by atoms with Crippen molar-refractivity contribution in [2.75, 3.05) is 7.11 Å². The minimum atomic E-state index is 0.463. The van der Waals surface area contributed by atoms with Crippen molar-refractivity contribution in [2.24, 2.45) is 0 Å². The Labute approximate surface area is 88.6 Å². The van der Waals surface area contributed by atoms with Gasteiger partial charge in [0.05, 0.1) is 12.7 Å². The van der Waals surface area contributed by atoms with Crippen LogP contribution < -0.4 is 4.74 Å². The van der Waals surface area contributed by atoms with Gasteiger partial charge in [-0.1, -0.05) is 6.07 Å². The summed E-state index contributed by atoms with van der Waals surface area (Å²) in [7, 11) is 1.52. The Morgan fingerprint density at radius 3 is 2.80 bits per heavy atom. The number of nitrogens with zero attached hydrogens (tertiary/aromatic N) is 1. The van der Waals surface area contributed by atoms with Gasteiger partial charge in [0.25, 0.3) is 0 Å². The smallest absolute Gasteiger partial charge is 0.145 e. The van der Waals surface area contributed by atoms with E-state index in [0.717, 1.165) is 11.8 Å². The van der Waals surface area contributed by atoms with E-state index in [9.17, 15) is 4.79 Å². The van der Waals surface area contributed by atoms with Crippen LogP contribution in [0.15, 0.2) is 23.8 Å². The third kappa shape index (κ3) is 2.68. The summed E-state index contributed by atoms with van der Waals surface area (Å²) in [5, 5.41) is 8.85. The molecule has 76 valence electrons. The Balaban J connectivity index is 3.15. The molecule has 0 atom stereocenters. The minimum Gasteiger partial charge on any atom is -0.495 e. The zero-order valence-electron chi connectivity index (χ0n) is 8.65. The van der Waals surface area contributed by atoms with Gasteiger partial charge < -0.3 is 4.74 Å². The molecule has 0 amide bonds. The second-order valence-electron chi connectivity index (χ2n) is 3.08. The van der Waals surface area contributed by atoms with Crippen molar-refractivity contribution in [3.05, 3.63) is 34.9 Å². The molecule has 0 saturated heterocycles. The molecule has 1 aromatic rings. The van der Waals surface area contributed by atoms with Crippen LogP contribution in [0.2, 0.25) is 0 Å². The van der Waals surface area contributed by atoms with Crippen molar-refractivity contribution in [1.29, 1.82) is 5.26 Å². The maximum absolute atomic E-state index is 10.4. The molecule has 0 N–H and O–H groups in total. The fourth-order valence-electron chi connectivity index (χ4n) is 1.20. The van der Waals surface area contributed by atoms with E-state index in [1.54, 1.807) is 31.2 Å². The third-order valence-electron chi connectivity index (χ3n) is 1.92. The second kappa shape index (κ2) is 4.97. The van der Waals surface area contributed by atoms with Crippen LogP contribution in [0, 0.1) is 11.3 Å². The van der Waals surface area contributed by atoms with Gasteiger partial charge in [0, 0.05) is 0 Å². The van der Waals surface area contributed by atoms with E-state index in [-0.39, 0.29) is 0 Å². The van der Waals surface area contributed by atoms with Crippen LogP contribution in [0.4, 0.5) is 0 Å². The number of benzene rings is 1. The lowest BCUT2D eigenvalue weighted by atomic mass is 10.1. The van der Waals surface area contributed by atoms with Crippen LogP contribution in [0.5, 0.6) is 5.75 Å². The Bertz CT molecular complexity index is 441. The van der Waals surface area contributed by atoms with Crippen LogP contribution in [0.3, 0.4) is 0 Å². The first-order valence-corrected chi connectivity index (χ1v) is 4.43. The van der Waals surface area contributed by atoms with Gasteiger partial charge in [-0.15, -0.1) is 0 Å². The molecule has 3 nitrogen and oxygen atoms in total. The van der Waals surface area contributed by atoms with Crippen molar-refractivity contribution in [1.82, 2.24) is 0 Å². The Kier molecular flexibility index (Phi) is 3.64. The molecule has 0 aliphatic rings. The Hall–Kier alpha value is -2.08. The van der Waals surface area contributed by atoms with Gasteiger partial charge in [-0.2, -0.15) is 5.26 Å². The fourth-order valence-corrected chi connectivity index (χ4v) is 1.20. The van der Waals surface area contributed by atoms with Crippen molar-refractivity contribution in [3.8, 4) is 11.8 Å². The van der Waals surface area contributed by atoms with E-state index in [4.69, 9.17) is 10.00 Å². The third-order valence-corrected chi connectivity index (χ3v) is 1.92. The van der Waals surface area contributed by atoms with Crippen molar-refractivity contribution < 1.29 is 9.53 Å². The monoisotopic (exact) mass is 201 g/mol. The molecule has 15 heavy (non-hydrogen) atoms. The normalized spacial score (nSPS) is 10.6. The van der Waals surface area contributed by atoms with E-state index in [0.29, 0.717) is 16.9 Å². The average Bonchev–Trinajstić information content (AvgIpc) is 2.28. The number of methoxy groups -OCH3 is 1. The van der Waals surface area contributed by atoms with Gasteiger partial charge in [-0.25, -0.2) is 0 Å². The lowest BCUT2D eigenvalue weighted by Crippen LogP contribution is -1.88. The zero-order chi connectivity index (χ0) is 11.3. The van der Waals surface area contributed by atoms with Gasteiger partial charge in [-0.05, 0) is 36.3 Å². The first kappa shape index (κ1) is 11.0. The van der Waals surface area contributed by atoms with E-state index in [2.05, 4.69) is 0 Å². The van der Waals surface area contributed by atoms with Gasteiger partial charge in [0.2, 0.25) is 0 Å². The van der Waals surface area contributed by atoms with Gasteiger partial charge in [-0.3, -0.25) is 4.79 Å². The summed E-state index contributed by atoms with van der Waals surface area (Å²) in [4.78, 5) is 10.4. The summed E-state index contributed by atoms with van der Waals surface area (Å²) >= 11 is 0. The molecule has 1 aromatic carbocycles. The fraction of sp³-hybridized carbons (Fsp3) is 0.167. The highest BCUT2D eigenvalue weighted by Gasteiger charge is 2.01. The van der Waals surface area contributed by atoms with E-state index in [1.807, 2.05) is 6.07 Å². The number of ether oxygens (including phenoxy) is 1. The molecule has 0 aromatic heterocycles. The molecule has 0 heterocycles. The van der Waals surface area contributed by atoms with E-state index < -0.39 is 0 Å². The summed E-state index contributed by atoms with van der Waals surface area (Å²) in [6.45, 7) is 1.71.